The van der Waals surface area contributed by atoms with Gasteiger partial charge in [-0.1, -0.05) is 0 Å². The molecule has 0 bridgehead atoms. The van der Waals surface area contributed by atoms with Crippen molar-refractivity contribution < 1.29 is 17.9 Å². The number of rotatable bonds is 4. The average molecular weight is 263 g/mol. The van der Waals surface area contributed by atoms with Crippen molar-refractivity contribution in [2.45, 2.75) is 31.6 Å². The van der Waals surface area contributed by atoms with Gasteiger partial charge in [0.05, 0.1) is 18.3 Å². The third kappa shape index (κ3) is 3.71. The normalized spacial score (nSPS) is 18.2. The highest BCUT2D eigenvalue weighted by Gasteiger charge is 2.32. The fourth-order valence-corrected chi connectivity index (χ4v) is 1.92. The van der Waals surface area contributed by atoms with Crippen LogP contribution in [0.15, 0.2) is 12.4 Å². The molecular formula is C11H16F3N3O. The lowest BCUT2D eigenvalue weighted by atomic mass is 10.1. The van der Waals surface area contributed by atoms with Gasteiger partial charge < -0.3 is 10.1 Å². The van der Waals surface area contributed by atoms with Crippen LogP contribution in [-0.2, 0) is 17.5 Å². The zero-order chi connectivity index (χ0) is 13.0. The molecule has 0 saturated carbocycles. The number of hydrogen-bond acceptors (Lipinski definition) is 3. The quantitative estimate of drug-likeness (QED) is 0.898. The first kappa shape index (κ1) is 13.4. The molecule has 0 radical (unpaired) electrons. The Morgan fingerprint density at radius 3 is 2.72 bits per heavy atom. The molecule has 0 atom stereocenters. The first-order valence-corrected chi connectivity index (χ1v) is 5.96. The molecule has 1 aliphatic rings. The van der Waals surface area contributed by atoms with E-state index in [0.717, 1.165) is 38.4 Å². The van der Waals surface area contributed by atoms with Crippen molar-refractivity contribution >= 4 is 0 Å². The van der Waals surface area contributed by atoms with Crippen LogP contribution in [0, 0.1) is 0 Å². The Morgan fingerprint density at radius 2 is 2.11 bits per heavy atom. The molecule has 1 aromatic rings. The summed E-state index contributed by atoms with van der Waals surface area (Å²) < 4.78 is 43.5. The molecule has 1 aromatic heterocycles. The topological polar surface area (TPSA) is 39.1 Å². The number of aromatic nitrogens is 2. The minimum absolute atomic E-state index is 0.399. The van der Waals surface area contributed by atoms with E-state index in [4.69, 9.17) is 4.74 Å². The van der Waals surface area contributed by atoms with Gasteiger partial charge in [0.25, 0.3) is 0 Å². The van der Waals surface area contributed by atoms with Crippen molar-refractivity contribution in [1.29, 1.82) is 0 Å². The Labute approximate surface area is 103 Å². The molecule has 1 fully saturated rings. The standard InChI is InChI=1S/C11H16F3N3O/c12-11(13,14)9-7-16-17(8-9)4-3-15-10-1-5-18-6-2-10/h7-8,10,15H,1-6H2. The molecule has 0 aromatic carbocycles. The van der Waals surface area contributed by atoms with Crippen LogP contribution in [0.4, 0.5) is 13.2 Å². The van der Waals surface area contributed by atoms with Gasteiger partial charge in [-0.05, 0) is 12.8 Å². The Hall–Kier alpha value is -1.08. The first-order valence-electron chi connectivity index (χ1n) is 5.96. The van der Waals surface area contributed by atoms with Gasteiger partial charge in [-0.15, -0.1) is 0 Å². The van der Waals surface area contributed by atoms with E-state index < -0.39 is 11.7 Å². The monoisotopic (exact) mass is 263 g/mol. The molecule has 0 amide bonds. The maximum absolute atomic E-state index is 12.3. The summed E-state index contributed by atoms with van der Waals surface area (Å²) in [5.41, 5.74) is -0.700. The van der Waals surface area contributed by atoms with E-state index >= 15 is 0 Å². The van der Waals surface area contributed by atoms with Crippen molar-refractivity contribution in [3.05, 3.63) is 18.0 Å². The van der Waals surface area contributed by atoms with Gasteiger partial charge in [-0.2, -0.15) is 18.3 Å². The van der Waals surface area contributed by atoms with Gasteiger partial charge in [-0.25, -0.2) is 0 Å². The molecule has 4 nitrogen and oxygen atoms in total. The van der Waals surface area contributed by atoms with Gasteiger partial charge in [0.15, 0.2) is 0 Å². The van der Waals surface area contributed by atoms with E-state index in [-0.39, 0.29) is 0 Å². The summed E-state index contributed by atoms with van der Waals surface area (Å²) in [7, 11) is 0. The number of ether oxygens (including phenoxy) is 1. The summed E-state index contributed by atoms with van der Waals surface area (Å²) in [5, 5.41) is 6.99. The lowest BCUT2D eigenvalue weighted by Gasteiger charge is -2.23. The maximum Gasteiger partial charge on any atom is 0.419 e. The van der Waals surface area contributed by atoms with Gasteiger partial charge in [0.2, 0.25) is 0 Å². The zero-order valence-electron chi connectivity index (χ0n) is 9.91. The molecule has 2 rings (SSSR count). The number of hydrogen-bond donors (Lipinski definition) is 1. The van der Waals surface area contributed by atoms with Gasteiger partial charge >= 0.3 is 6.18 Å². The molecule has 7 heteroatoms. The van der Waals surface area contributed by atoms with Crippen LogP contribution in [-0.4, -0.2) is 35.6 Å². The summed E-state index contributed by atoms with van der Waals surface area (Å²) in [5.74, 6) is 0. The molecular weight excluding hydrogens is 247 g/mol. The lowest BCUT2D eigenvalue weighted by Crippen LogP contribution is -2.36. The Kier molecular flexibility index (Phi) is 4.23. The lowest BCUT2D eigenvalue weighted by molar-refractivity contribution is -0.137. The first-order chi connectivity index (χ1) is 8.55. The third-order valence-electron chi connectivity index (χ3n) is 2.96. The number of nitrogens with zero attached hydrogens (tertiary/aromatic N) is 2. The second kappa shape index (κ2) is 5.71. The van der Waals surface area contributed by atoms with E-state index in [1.54, 1.807) is 0 Å². The highest BCUT2D eigenvalue weighted by molar-refractivity contribution is 5.08. The largest absolute Gasteiger partial charge is 0.419 e. The Balaban J connectivity index is 1.74. The fourth-order valence-electron chi connectivity index (χ4n) is 1.92. The maximum atomic E-state index is 12.3. The SMILES string of the molecule is FC(F)(F)c1cnn(CCNC2CCOCC2)c1. The van der Waals surface area contributed by atoms with Crippen LogP contribution < -0.4 is 5.32 Å². The Morgan fingerprint density at radius 1 is 1.39 bits per heavy atom. The summed E-state index contributed by atoms with van der Waals surface area (Å²) in [6.07, 6.45) is -0.522. The average Bonchev–Trinajstić information content (AvgIpc) is 2.79. The van der Waals surface area contributed by atoms with Crippen molar-refractivity contribution in [1.82, 2.24) is 15.1 Å². The fraction of sp³-hybridized carbons (Fsp3) is 0.727. The van der Waals surface area contributed by atoms with E-state index in [0.29, 0.717) is 19.1 Å². The predicted molar refractivity (Wildman–Crippen MR) is 59.1 cm³/mol. The summed E-state index contributed by atoms with van der Waals surface area (Å²) in [4.78, 5) is 0. The van der Waals surface area contributed by atoms with Crippen molar-refractivity contribution in [3.63, 3.8) is 0 Å². The molecule has 0 unspecified atom stereocenters. The van der Waals surface area contributed by atoms with E-state index in [1.165, 1.54) is 4.68 Å². The third-order valence-corrected chi connectivity index (χ3v) is 2.96. The van der Waals surface area contributed by atoms with Crippen LogP contribution in [0.25, 0.3) is 0 Å². The number of nitrogens with one attached hydrogen (secondary N) is 1. The van der Waals surface area contributed by atoms with Gasteiger partial charge in [0.1, 0.15) is 0 Å². The van der Waals surface area contributed by atoms with Crippen LogP contribution in [0.3, 0.4) is 0 Å². The molecule has 1 N–H and O–H groups in total. The smallest absolute Gasteiger partial charge is 0.381 e. The van der Waals surface area contributed by atoms with E-state index in [1.807, 2.05) is 0 Å². The van der Waals surface area contributed by atoms with Crippen LogP contribution in [0.5, 0.6) is 0 Å². The summed E-state index contributed by atoms with van der Waals surface area (Å²) >= 11 is 0. The minimum atomic E-state index is -4.31. The molecule has 102 valence electrons. The number of alkyl halides is 3. The highest BCUT2D eigenvalue weighted by atomic mass is 19.4. The molecule has 1 saturated heterocycles. The van der Waals surface area contributed by atoms with E-state index in [2.05, 4.69) is 10.4 Å². The Bertz CT molecular complexity index is 372. The van der Waals surface area contributed by atoms with E-state index in [9.17, 15) is 13.2 Å². The molecule has 2 heterocycles. The van der Waals surface area contributed by atoms with Crippen molar-refractivity contribution in [2.24, 2.45) is 0 Å². The van der Waals surface area contributed by atoms with Crippen molar-refractivity contribution in [3.8, 4) is 0 Å². The molecule has 0 spiro atoms. The van der Waals surface area contributed by atoms with Crippen LogP contribution in [0.2, 0.25) is 0 Å². The zero-order valence-corrected chi connectivity index (χ0v) is 9.91. The van der Waals surface area contributed by atoms with Gasteiger partial charge in [0, 0.05) is 32.0 Å². The van der Waals surface area contributed by atoms with Crippen LogP contribution in [0.1, 0.15) is 18.4 Å². The summed E-state index contributed by atoms with van der Waals surface area (Å²) in [6, 6.07) is 0.399. The second-order valence-corrected chi connectivity index (χ2v) is 4.33. The minimum Gasteiger partial charge on any atom is -0.381 e. The highest BCUT2D eigenvalue weighted by Crippen LogP contribution is 2.28. The molecule has 1 aliphatic heterocycles. The number of halogens is 3. The summed E-state index contributed by atoms with van der Waals surface area (Å²) in [6.45, 7) is 2.55. The molecule has 0 aliphatic carbocycles. The predicted octanol–water partition coefficient (Wildman–Crippen LogP) is 1.67. The second-order valence-electron chi connectivity index (χ2n) is 4.33. The molecule has 18 heavy (non-hydrogen) atoms. The van der Waals surface area contributed by atoms with Crippen molar-refractivity contribution in [2.75, 3.05) is 19.8 Å². The van der Waals surface area contributed by atoms with Gasteiger partial charge in [-0.3, -0.25) is 4.68 Å². The van der Waals surface area contributed by atoms with Crippen LogP contribution >= 0.6 is 0 Å².